The van der Waals surface area contributed by atoms with Crippen molar-refractivity contribution in [1.82, 2.24) is 10.2 Å². The number of nitrogens with zero attached hydrogens (tertiary/aromatic N) is 3. The summed E-state index contributed by atoms with van der Waals surface area (Å²) in [7, 11) is 1.92. The zero-order valence-electron chi connectivity index (χ0n) is 11.9. The summed E-state index contributed by atoms with van der Waals surface area (Å²) in [5.74, 6) is 0.673. The molecule has 6 heteroatoms. The van der Waals surface area contributed by atoms with Crippen LogP contribution in [0.4, 0.5) is 5.82 Å². The van der Waals surface area contributed by atoms with Crippen LogP contribution in [0.2, 0.25) is 0 Å². The number of aromatic nitrogens is 2. The van der Waals surface area contributed by atoms with Gasteiger partial charge in [0.15, 0.2) is 5.82 Å². The number of unbranched alkanes of at least 4 members (excludes halogenated alkanes) is 2. The number of rotatable bonds is 7. The van der Waals surface area contributed by atoms with Crippen molar-refractivity contribution in [3.8, 4) is 0 Å². The van der Waals surface area contributed by atoms with Gasteiger partial charge in [0.25, 0.3) is 0 Å². The molecule has 0 saturated carbocycles. The molecule has 1 aromatic rings. The lowest BCUT2D eigenvalue weighted by Gasteiger charge is -2.21. The first-order valence-corrected chi connectivity index (χ1v) is 6.49. The van der Waals surface area contributed by atoms with Gasteiger partial charge < -0.3 is 15.7 Å². The molecule has 1 aromatic heterocycles. The van der Waals surface area contributed by atoms with Gasteiger partial charge in [-0.1, -0.05) is 0 Å². The van der Waals surface area contributed by atoms with Crippen molar-refractivity contribution in [2.45, 2.75) is 33.1 Å². The van der Waals surface area contributed by atoms with E-state index in [2.05, 4.69) is 10.2 Å². The van der Waals surface area contributed by atoms with Crippen molar-refractivity contribution < 1.29 is 5.11 Å². The fourth-order valence-corrected chi connectivity index (χ4v) is 1.93. The summed E-state index contributed by atoms with van der Waals surface area (Å²) in [5, 5.41) is 24.7. The minimum atomic E-state index is 0.0210. The molecule has 4 N–H and O–H groups in total. The molecule has 6 nitrogen and oxygen atoms in total. The largest absolute Gasteiger partial charge is 0.396 e. The third kappa shape index (κ3) is 3.89. The van der Waals surface area contributed by atoms with Gasteiger partial charge >= 0.3 is 0 Å². The van der Waals surface area contributed by atoms with Crippen LogP contribution in [0, 0.1) is 19.3 Å². The molecule has 0 unspecified atom stereocenters. The average Bonchev–Trinajstić information content (AvgIpc) is 2.37. The highest BCUT2D eigenvalue weighted by molar-refractivity contribution is 6.01. The van der Waals surface area contributed by atoms with Crippen LogP contribution in [0.5, 0.6) is 0 Å². The Morgan fingerprint density at radius 3 is 2.53 bits per heavy atom. The van der Waals surface area contributed by atoms with E-state index in [1.165, 1.54) is 0 Å². The van der Waals surface area contributed by atoms with Crippen LogP contribution >= 0.6 is 0 Å². The molecule has 1 heterocycles. The van der Waals surface area contributed by atoms with Gasteiger partial charge in [0.2, 0.25) is 0 Å². The molecule has 0 aliphatic carbocycles. The maximum atomic E-state index is 8.75. The molecular weight excluding hydrogens is 242 g/mol. The summed E-state index contributed by atoms with van der Waals surface area (Å²) in [4.78, 5) is 1.97. The number of aliphatic hydroxyl groups is 1. The summed E-state index contributed by atoms with van der Waals surface area (Å²) in [6.45, 7) is 4.80. The maximum Gasteiger partial charge on any atom is 0.162 e. The zero-order chi connectivity index (χ0) is 14.4. The SMILES string of the molecule is Cc1nnc(N(C)CCCCCO)c(C(=N)N)c1C. The Labute approximate surface area is 114 Å². The number of amidine groups is 1. The van der Waals surface area contributed by atoms with Gasteiger partial charge in [-0.05, 0) is 38.7 Å². The molecule has 1 rings (SSSR count). The molecule has 0 atom stereocenters. The van der Waals surface area contributed by atoms with E-state index in [1.54, 1.807) is 0 Å². The van der Waals surface area contributed by atoms with E-state index in [4.69, 9.17) is 16.2 Å². The van der Waals surface area contributed by atoms with Crippen molar-refractivity contribution in [2.75, 3.05) is 25.1 Å². The Kier molecular flexibility index (Phi) is 5.69. The Morgan fingerprint density at radius 1 is 1.26 bits per heavy atom. The van der Waals surface area contributed by atoms with Crippen LogP contribution in [-0.4, -0.2) is 41.3 Å². The molecule has 0 radical (unpaired) electrons. The van der Waals surface area contributed by atoms with E-state index in [9.17, 15) is 0 Å². The lowest BCUT2D eigenvalue weighted by Crippen LogP contribution is -2.26. The number of nitrogens with two attached hydrogens (primary N) is 1. The fourth-order valence-electron chi connectivity index (χ4n) is 1.93. The van der Waals surface area contributed by atoms with Gasteiger partial charge in [-0.2, -0.15) is 5.10 Å². The number of hydrogen-bond acceptors (Lipinski definition) is 5. The van der Waals surface area contributed by atoms with Gasteiger partial charge in [-0.3, -0.25) is 5.41 Å². The molecule has 106 valence electrons. The molecule has 0 aliphatic rings. The van der Waals surface area contributed by atoms with E-state index in [-0.39, 0.29) is 12.4 Å². The minimum absolute atomic E-state index is 0.0210. The van der Waals surface area contributed by atoms with Gasteiger partial charge in [-0.25, -0.2) is 0 Å². The Hall–Kier alpha value is -1.69. The summed E-state index contributed by atoms with van der Waals surface area (Å²) in [6.07, 6.45) is 2.74. The van der Waals surface area contributed by atoms with Crippen LogP contribution in [0.15, 0.2) is 0 Å². The number of aliphatic hydroxyl groups excluding tert-OH is 1. The predicted octanol–water partition coefficient (Wildman–Crippen LogP) is 0.976. The second-order valence-corrected chi connectivity index (χ2v) is 4.73. The number of anilines is 1. The quantitative estimate of drug-likeness (QED) is 0.388. The van der Waals surface area contributed by atoms with E-state index < -0.39 is 0 Å². The van der Waals surface area contributed by atoms with E-state index in [0.717, 1.165) is 37.1 Å². The second kappa shape index (κ2) is 7.04. The van der Waals surface area contributed by atoms with Gasteiger partial charge in [0.1, 0.15) is 5.84 Å². The molecule has 0 saturated heterocycles. The lowest BCUT2D eigenvalue weighted by atomic mass is 10.1. The summed E-state index contributed by atoms with van der Waals surface area (Å²) in [5.41, 5.74) is 8.01. The highest BCUT2D eigenvalue weighted by Crippen LogP contribution is 2.21. The Morgan fingerprint density at radius 2 is 1.95 bits per heavy atom. The number of nitrogens with one attached hydrogen (secondary N) is 1. The van der Waals surface area contributed by atoms with E-state index in [0.29, 0.717) is 11.4 Å². The maximum absolute atomic E-state index is 8.75. The highest BCUT2D eigenvalue weighted by Gasteiger charge is 2.16. The first kappa shape index (κ1) is 15.4. The van der Waals surface area contributed by atoms with Crippen LogP contribution in [0.25, 0.3) is 0 Å². The first-order chi connectivity index (χ1) is 8.99. The van der Waals surface area contributed by atoms with Crippen molar-refractivity contribution in [1.29, 1.82) is 5.41 Å². The van der Waals surface area contributed by atoms with Crippen molar-refractivity contribution in [3.63, 3.8) is 0 Å². The standard InChI is InChI=1S/C13H23N5O/c1-9-10(2)16-17-13(11(9)12(14)15)18(3)7-5-4-6-8-19/h19H,4-8H2,1-3H3,(H3,14,15). The van der Waals surface area contributed by atoms with Crippen molar-refractivity contribution >= 4 is 11.7 Å². The molecule has 0 aliphatic heterocycles. The number of hydrogen-bond donors (Lipinski definition) is 3. The normalized spacial score (nSPS) is 10.5. The third-order valence-corrected chi connectivity index (χ3v) is 3.22. The summed E-state index contributed by atoms with van der Waals surface area (Å²) in [6, 6.07) is 0. The van der Waals surface area contributed by atoms with Crippen LogP contribution < -0.4 is 10.6 Å². The smallest absolute Gasteiger partial charge is 0.162 e. The molecule has 19 heavy (non-hydrogen) atoms. The van der Waals surface area contributed by atoms with Crippen molar-refractivity contribution in [2.24, 2.45) is 5.73 Å². The Bertz CT molecular complexity index is 447. The molecule has 0 amide bonds. The first-order valence-electron chi connectivity index (χ1n) is 6.49. The topological polar surface area (TPSA) is 99.1 Å². The van der Waals surface area contributed by atoms with E-state index in [1.807, 2.05) is 25.8 Å². The molecular formula is C13H23N5O. The molecule has 0 spiro atoms. The number of aryl methyl sites for hydroxylation is 1. The summed E-state index contributed by atoms with van der Waals surface area (Å²) < 4.78 is 0. The minimum Gasteiger partial charge on any atom is -0.396 e. The monoisotopic (exact) mass is 265 g/mol. The van der Waals surface area contributed by atoms with Gasteiger partial charge in [0, 0.05) is 20.2 Å². The van der Waals surface area contributed by atoms with Crippen LogP contribution in [-0.2, 0) is 0 Å². The summed E-state index contributed by atoms with van der Waals surface area (Å²) >= 11 is 0. The van der Waals surface area contributed by atoms with Crippen LogP contribution in [0.3, 0.4) is 0 Å². The Balaban J connectivity index is 2.87. The van der Waals surface area contributed by atoms with Crippen LogP contribution in [0.1, 0.15) is 36.1 Å². The molecule has 0 aromatic carbocycles. The second-order valence-electron chi connectivity index (χ2n) is 4.73. The third-order valence-electron chi connectivity index (χ3n) is 3.22. The van der Waals surface area contributed by atoms with Crippen molar-refractivity contribution in [3.05, 3.63) is 16.8 Å². The molecule has 0 fully saturated rings. The fraction of sp³-hybridized carbons (Fsp3) is 0.615. The van der Waals surface area contributed by atoms with Gasteiger partial charge in [0.05, 0.1) is 11.3 Å². The highest BCUT2D eigenvalue weighted by atomic mass is 16.2. The van der Waals surface area contributed by atoms with Gasteiger partial charge in [-0.15, -0.1) is 5.10 Å². The predicted molar refractivity (Wildman–Crippen MR) is 76.7 cm³/mol. The zero-order valence-corrected chi connectivity index (χ0v) is 11.9. The average molecular weight is 265 g/mol. The molecule has 0 bridgehead atoms. The lowest BCUT2D eigenvalue weighted by molar-refractivity contribution is 0.283. The number of nitrogen functional groups attached to an aromatic ring is 1. The van der Waals surface area contributed by atoms with E-state index >= 15 is 0 Å².